The van der Waals surface area contributed by atoms with Gasteiger partial charge in [-0.3, -0.25) is 4.79 Å². The third-order valence-corrected chi connectivity index (χ3v) is 4.79. The Labute approximate surface area is 127 Å². The number of hydrogen-bond acceptors (Lipinski definition) is 3. The van der Waals surface area contributed by atoms with Crippen LogP contribution in [0.25, 0.3) is 0 Å². The van der Waals surface area contributed by atoms with Gasteiger partial charge in [-0.2, -0.15) is 0 Å². The maximum Gasteiger partial charge on any atom is 0.224 e. The maximum absolute atomic E-state index is 11.8. The van der Waals surface area contributed by atoms with Crippen LogP contribution in [0.1, 0.15) is 18.4 Å². The number of piperidine rings is 1. The number of carbonyl (C=O) groups excluding carboxylic acids is 1. The van der Waals surface area contributed by atoms with E-state index in [1.54, 1.807) is 7.05 Å². The molecule has 4 heteroatoms. The Kier molecular flexibility index (Phi) is 4.44. The number of hydrogen-bond donors (Lipinski definition) is 1. The molecule has 1 aromatic rings. The molecule has 1 fully saturated rings. The number of rotatable bonds is 4. The van der Waals surface area contributed by atoms with Crippen LogP contribution in [0.3, 0.4) is 0 Å². The normalized spacial score (nSPS) is 22.1. The van der Waals surface area contributed by atoms with E-state index in [1.807, 2.05) is 0 Å². The average molecular weight is 287 g/mol. The number of benzene rings is 1. The molecule has 4 nitrogen and oxygen atoms in total. The Bertz CT molecular complexity index is 503. The first kappa shape index (κ1) is 14.4. The second-order valence-electron chi connectivity index (χ2n) is 6.12. The van der Waals surface area contributed by atoms with E-state index in [0.29, 0.717) is 0 Å². The largest absolute Gasteiger partial charge is 0.370 e. The lowest BCUT2D eigenvalue weighted by atomic mass is 9.97. The van der Waals surface area contributed by atoms with Gasteiger partial charge in [0.25, 0.3) is 0 Å². The minimum Gasteiger partial charge on any atom is -0.370 e. The van der Waals surface area contributed by atoms with E-state index in [-0.39, 0.29) is 11.8 Å². The molecule has 1 unspecified atom stereocenters. The number of likely N-dealkylation sites (tertiary alicyclic amines) is 1. The van der Waals surface area contributed by atoms with Crippen molar-refractivity contribution in [3.8, 4) is 0 Å². The van der Waals surface area contributed by atoms with Crippen molar-refractivity contribution >= 4 is 11.6 Å². The van der Waals surface area contributed by atoms with Gasteiger partial charge in [0, 0.05) is 38.9 Å². The van der Waals surface area contributed by atoms with Gasteiger partial charge in [0.05, 0.1) is 5.92 Å². The van der Waals surface area contributed by atoms with Gasteiger partial charge in [-0.25, -0.2) is 0 Å². The number of fused-ring (bicyclic) bond motifs is 1. The summed E-state index contributed by atoms with van der Waals surface area (Å²) in [5, 5.41) is 2.79. The van der Waals surface area contributed by atoms with Crippen molar-refractivity contribution in [2.75, 3.05) is 44.7 Å². The Hall–Kier alpha value is -1.55. The van der Waals surface area contributed by atoms with E-state index < -0.39 is 0 Å². The van der Waals surface area contributed by atoms with Gasteiger partial charge in [-0.1, -0.05) is 18.2 Å². The van der Waals surface area contributed by atoms with Crippen LogP contribution in [-0.4, -0.2) is 50.6 Å². The molecule has 0 spiro atoms. The Morgan fingerprint density at radius 1 is 1.29 bits per heavy atom. The summed E-state index contributed by atoms with van der Waals surface area (Å²) in [6, 6.07) is 8.71. The molecule has 1 saturated heterocycles. The molecule has 0 radical (unpaired) electrons. The van der Waals surface area contributed by atoms with Gasteiger partial charge in [-0.15, -0.1) is 0 Å². The molecule has 3 rings (SSSR count). The molecule has 1 aromatic carbocycles. The molecule has 21 heavy (non-hydrogen) atoms. The van der Waals surface area contributed by atoms with Crippen molar-refractivity contribution in [1.82, 2.24) is 10.2 Å². The number of nitrogens with one attached hydrogen (secondary N) is 1. The SMILES string of the molecule is CNC(=O)C1CCCN(CCN2CCc3ccccc32)C1. The lowest BCUT2D eigenvalue weighted by Crippen LogP contribution is -2.44. The number of para-hydroxylation sites is 1. The van der Waals surface area contributed by atoms with Crippen molar-refractivity contribution in [3.05, 3.63) is 29.8 Å². The van der Waals surface area contributed by atoms with Gasteiger partial charge in [0.2, 0.25) is 5.91 Å². The molecular weight excluding hydrogens is 262 g/mol. The molecule has 1 N–H and O–H groups in total. The highest BCUT2D eigenvalue weighted by molar-refractivity contribution is 5.78. The number of carbonyl (C=O) groups is 1. The van der Waals surface area contributed by atoms with Crippen LogP contribution < -0.4 is 10.2 Å². The van der Waals surface area contributed by atoms with Crippen LogP contribution in [0.2, 0.25) is 0 Å². The van der Waals surface area contributed by atoms with Crippen LogP contribution in [0.15, 0.2) is 24.3 Å². The van der Waals surface area contributed by atoms with Crippen molar-refractivity contribution < 1.29 is 4.79 Å². The van der Waals surface area contributed by atoms with Crippen molar-refractivity contribution in [1.29, 1.82) is 0 Å². The third-order valence-electron chi connectivity index (χ3n) is 4.79. The third kappa shape index (κ3) is 3.21. The molecule has 2 aliphatic rings. The highest BCUT2D eigenvalue weighted by Crippen LogP contribution is 2.27. The van der Waals surface area contributed by atoms with E-state index in [0.717, 1.165) is 52.0 Å². The molecular formula is C17H25N3O. The van der Waals surface area contributed by atoms with Crippen molar-refractivity contribution in [2.45, 2.75) is 19.3 Å². The van der Waals surface area contributed by atoms with E-state index >= 15 is 0 Å². The lowest BCUT2D eigenvalue weighted by Gasteiger charge is -2.33. The molecule has 2 aliphatic heterocycles. The summed E-state index contributed by atoms with van der Waals surface area (Å²) in [5.41, 5.74) is 2.87. The van der Waals surface area contributed by atoms with Crippen molar-refractivity contribution in [2.24, 2.45) is 5.92 Å². The predicted molar refractivity (Wildman–Crippen MR) is 85.6 cm³/mol. The van der Waals surface area contributed by atoms with Crippen LogP contribution in [0, 0.1) is 5.92 Å². The monoisotopic (exact) mass is 287 g/mol. The quantitative estimate of drug-likeness (QED) is 0.912. The van der Waals surface area contributed by atoms with Crippen LogP contribution in [0.4, 0.5) is 5.69 Å². The second kappa shape index (κ2) is 6.48. The van der Waals surface area contributed by atoms with Gasteiger partial charge in [0.15, 0.2) is 0 Å². The molecule has 0 bridgehead atoms. The molecule has 1 atom stereocenters. The first-order valence-corrected chi connectivity index (χ1v) is 8.04. The fourth-order valence-electron chi connectivity index (χ4n) is 3.58. The smallest absolute Gasteiger partial charge is 0.224 e. The molecule has 2 heterocycles. The van der Waals surface area contributed by atoms with Crippen LogP contribution in [0.5, 0.6) is 0 Å². The van der Waals surface area contributed by atoms with E-state index in [4.69, 9.17) is 0 Å². The molecule has 114 valence electrons. The number of nitrogens with zero attached hydrogens (tertiary/aromatic N) is 2. The summed E-state index contributed by atoms with van der Waals surface area (Å²) < 4.78 is 0. The maximum atomic E-state index is 11.8. The van der Waals surface area contributed by atoms with E-state index in [9.17, 15) is 4.79 Å². The Morgan fingerprint density at radius 3 is 3.00 bits per heavy atom. The highest BCUT2D eigenvalue weighted by atomic mass is 16.1. The lowest BCUT2D eigenvalue weighted by molar-refractivity contribution is -0.126. The summed E-state index contributed by atoms with van der Waals surface area (Å²) >= 11 is 0. The summed E-state index contributed by atoms with van der Waals surface area (Å²) in [6.07, 6.45) is 3.33. The fraction of sp³-hybridized carbons (Fsp3) is 0.588. The zero-order valence-electron chi connectivity index (χ0n) is 12.8. The molecule has 0 aromatic heterocycles. The van der Waals surface area contributed by atoms with Crippen molar-refractivity contribution in [3.63, 3.8) is 0 Å². The predicted octanol–water partition coefficient (Wildman–Crippen LogP) is 1.51. The standard InChI is InChI=1S/C17H25N3O/c1-18-17(21)15-6-4-9-19(13-15)11-12-20-10-8-14-5-2-3-7-16(14)20/h2-3,5,7,15H,4,6,8-13H2,1H3,(H,18,21). The van der Waals surface area contributed by atoms with Gasteiger partial charge in [0.1, 0.15) is 0 Å². The van der Waals surface area contributed by atoms with E-state index in [2.05, 4.69) is 39.4 Å². The van der Waals surface area contributed by atoms with Gasteiger partial charge >= 0.3 is 0 Å². The van der Waals surface area contributed by atoms with Crippen LogP contribution >= 0.6 is 0 Å². The minimum absolute atomic E-state index is 0.176. The zero-order valence-corrected chi connectivity index (χ0v) is 12.8. The second-order valence-corrected chi connectivity index (χ2v) is 6.12. The van der Waals surface area contributed by atoms with Gasteiger partial charge < -0.3 is 15.1 Å². The Morgan fingerprint density at radius 2 is 2.14 bits per heavy atom. The summed E-state index contributed by atoms with van der Waals surface area (Å²) in [7, 11) is 1.74. The summed E-state index contributed by atoms with van der Waals surface area (Å²) in [4.78, 5) is 16.7. The first-order chi connectivity index (χ1) is 10.3. The summed E-state index contributed by atoms with van der Waals surface area (Å²) in [6.45, 7) is 5.30. The summed E-state index contributed by atoms with van der Waals surface area (Å²) in [5.74, 6) is 0.376. The molecule has 0 saturated carbocycles. The minimum atomic E-state index is 0.176. The number of amides is 1. The first-order valence-electron chi connectivity index (χ1n) is 8.04. The topological polar surface area (TPSA) is 35.6 Å². The van der Waals surface area contributed by atoms with Crippen LogP contribution in [-0.2, 0) is 11.2 Å². The fourth-order valence-corrected chi connectivity index (χ4v) is 3.58. The van der Waals surface area contributed by atoms with Gasteiger partial charge in [-0.05, 0) is 37.4 Å². The zero-order chi connectivity index (χ0) is 14.7. The molecule has 1 amide bonds. The highest BCUT2D eigenvalue weighted by Gasteiger charge is 2.26. The number of anilines is 1. The Balaban J connectivity index is 1.53. The van der Waals surface area contributed by atoms with E-state index in [1.165, 1.54) is 11.3 Å². The molecule has 0 aliphatic carbocycles. The average Bonchev–Trinajstić information content (AvgIpc) is 2.95.